The van der Waals surface area contributed by atoms with Gasteiger partial charge in [-0.2, -0.15) is 0 Å². The fourth-order valence-corrected chi connectivity index (χ4v) is 2.38. The Bertz CT molecular complexity index is 413. The zero-order chi connectivity index (χ0) is 14.4. The molecule has 1 aromatic rings. The second-order valence-corrected chi connectivity index (χ2v) is 5.12. The Morgan fingerprint density at radius 3 is 2.11 bits per heavy atom. The summed E-state index contributed by atoms with van der Waals surface area (Å²) in [6.07, 6.45) is 0. The van der Waals surface area contributed by atoms with Gasteiger partial charge in [-0.3, -0.25) is 9.69 Å². The number of aryl methyl sites for hydroxylation is 3. The maximum Gasteiger partial charge on any atom is 0.234 e. The van der Waals surface area contributed by atoms with Gasteiger partial charge in [-0.25, -0.2) is 0 Å². The topological polar surface area (TPSA) is 32.3 Å². The summed E-state index contributed by atoms with van der Waals surface area (Å²) in [7, 11) is 0. The molecule has 0 aliphatic heterocycles. The molecule has 1 amide bonds. The minimum absolute atomic E-state index is 0.100. The number of nitrogens with zero attached hydrogens (tertiary/aromatic N) is 1. The molecular weight excluding hydrogens is 236 g/mol. The van der Waals surface area contributed by atoms with Gasteiger partial charge < -0.3 is 5.32 Å². The molecule has 0 heterocycles. The Hall–Kier alpha value is -1.35. The SMILES string of the molecule is CCN(CC)CC(=O)NCc1c(C)cc(C)cc1C. The van der Waals surface area contributed by atoms with Gasteiger partial charge in [0.2, 0.25) is 5.91 Å². The largest absolute Gasteiger partial charge is 0.351 e. The zero-order valence-electron chi connectivity index (χ0n) is 12.8. The van der Waals surface area contributed by atoms with Gasteiger partial charge >= 0.3 is 0 Å². The van der Waals surface area contributed by atoms with Crippen LogP contribution in [0.25, 0.3) is 0 Å². The fraction of sp³-hybridized carbons (Fsp3) is 0.562. The Morgan fingerprint density at radius 1 is 1.11 bits per heavy atom. The van der Waals surface area contributed by atoms with Gasteiger partial charge in [0.05, 0.1) is 6.54 Å². The van der Waals surface area contributed by atoms with Crippen LogP contribution in [0, 0.1) is 20.8 Å². The average molecular weight is 262 g/mol. The highest BCUT2D eigenvalue weighted by Crippen LogP contribution is 2.15. The van der Waals surface area contributed by atoms with Crippen LogP contribution in [0.4, 0.5) is 0 Å². The lowest BCUT2D eigenvalue weighted by molar-refractivity contribution is -0.122. The summed E-state index contributed by atoms with van der Waals surface area (Å²) >= 11 is 0. The first-order valence-electron chi connectivity index (χ1n) is 7.03. The first-order chi connectivity index (χ1) is 8.97. The number of hydrogen-bond acceptors (Lipinski definition) is 2. The molecule has 0 saturated heterocycles. The third-order valence-corrected chi connectivity index (χ3v) is 3.56. The number of amides is 1. The summed E-state index contributed by atoms with van der Waals surface area (Å²) in [4.78, 5) is 14.0. The predicted octanol–water partition coefficient (Wildman–Crippen LogP) is 2.57. The maximum absolute atomic E-state index is 11.9. The van der Waals surface area contributed by atoms with Crippen molar-refractivity contribution in [2.75, 3.05) is 19.6 Å². The molecule has 0 bridgehead atoms. The highest BCUT2D eigenvalue weighted by molar-refractivity contribution is 5.78. The highest BCUT2D eigenvalue weighted by Gasteiger charge is 2.09. The number of rotatable bonds is 6. The Balaban J connectivity index is 2.60. The summed E-state index contributed by atoms with van der Waals surface area (Å²) in [5, 5.41) is 3.02. The van der Waals surface area contributed by atoms with Gasteiger partial charge in [0, 0.05) is 6.54 Å². The summed E-state index contributed by atoms with van der Waals surface area (Å²) in [6.45, 7) is 13.4. The molecule has 0 fully saturated rings. The molecule has 0 saturated carbocycles. The molecule has 3 nitrogen and oxygen atoms in total. The van der Waals surface area contributed by atoms with Crippen molar-refractivity contribution in [2.24, 2.45) is 0 Å². The Morgan fingerprint density at radius 2 is 1.63 bits per heavy atom. The van der Waals surface area contributed by atoms with Crippen LogP contribution in [0.5, 0.6) is 0 Å². The smallest absolute Gasteiger partial charge is 0.234 e. The molecular formula is C16H26N2O. The number of nitrogens with one attached hydrogen (secondary N) is 1. The van der Waals surface area contributed by atoms with Gasteiger partial charge in [-0.05, 0) is 50.6 Å². The lowest BCUT2D eigenvalue weighted by Crippen LogP contribution is -2.36. The first-order valence-corrected chi connectivity index (χ1v) is 7.03. The summed E-state index contributed by atoms with van der Waals surface area (Å²) < 4.78 is 0. The number of carbonyl (C=O) groups is 1. The van der Waals surface area contributed by atoms with Crippen LogP contribution >= 0.6 is 0 Å². The molecule has 3 heteroatoms. The number of likely N-dealkylation sites (N-methyl/N-ethyl adjacent to an activating group) is 1. The summed E-state index contributed by atoms with van der Waals surface area (Å²) in [5.41, 5.74) is 5.01. The average Bonchev–Trinajstić information content (AvgIpc) is 2.34. The second kappa shape index (κ2) is 7.29. The van der Waals surface area contributed by atoms with Gasteiger partial charge in [0.1, 0.15) is 0 Å². The minimum Gasteiger partial charge on any atom is -0.351 e. The first kappa shape index (κ1) is 15.7. The van der Waals surface area contributed by atoms with E-state index < -0.39 is 0 Å². The van der Waals surface area contributed by atoms with E-state index in [4.69, 9.17) is 0 Å². The van der Waals surface area contributed by atoms with Crippen molar-refractivity contribution >= 4 is 5.91 Å². The van der Waals surface area contributed by atoms with E-state index in [1.54, 1.807) is 0 Å². The molecule has 0 unspecified atom stereocenters. The van der Waals surface area contributed by atoms with Gasteiger partial charge in [-0.15, -0.1) is 0 Å². The summed E-state index contributed by atoms with van der Waals surface area (Å²) in [6, 6.07) is 4.33. The van der Waals surface area contributed by atoms with Gasteiger partial charge in [0.25, 0.3) is 0 Å². The van der Waals surface area contributed by atoms with E-state index in [0.717, 1.165) is 13.1 Å². The van der Waals surface area contributed by atoms with Crippen molar-refractivity contribution in [3.05, 3.63) is 34.4 Å². The monoisotopic (exact) mass is 262 g/mol. The van der Waals surface area contributed by atoms with E-state index in [2.05, 4.69) is 57.0 Å². The Kier molecular flexibility index (Phi) is 6.03. The number of carbonyl (C=O) groups excluding carboxylic acids is 1. The van der Waals surface area contributed by atoms with Gasteiger partial charge in [0.15, 0.2) is 0 Å². The highest BCUT2D eigenvalue weighted by atomic mass is 16.2. The number of benzene rings is 1. The lowest BCUT2D eigenvalue weighted by atomic mass is 10.00. The predicted molar refractivity (Wildman–Crippen MR) is 80.3 cm³/mol. The Labute approximate surface area is 117 Å². The van der Waals surface area contributed by atoms with Crippen molar-refractivity contribution < 1.29 is 4.79 Å². The molecule has 1 rings (SSSR count). The van der Waals surface area contributed by atoms with Gasteiger partial charge in [-0.1, -0.05) is 31.5 Å². The van der Waals surface area contributed by atoms with Crippen LogP contribution in [0.15, 0.2) is 12.1 Å². The molecule has 1 aromatic carbocycles. The van der Waals surface area contributed by atoms with Crippen LogP contribution < -0.4 is 5.32 Å². The molecule has 1 N–H and O–H groups in total. The quantitative estimate of drug-likeness (QED) is 0.854. The molecule has 0 spiro atoms. The van der Waals surface area contributed by atoms with Crippen LogP contribution in [-0.2, 0) is 11.3 Å². The molecule has 0 aliphatic carbocycles. The maximum atomic E-state index is 11.9. The molecule has 0 aliphatic rings. The van der Waals surface area contributed by atoms with E-state index in [1.807, 2.05) is 0 Å². The van der Waals surface area contributed by atoms with Crippen molar-refractivity contribution in [2.45, 2.75) is 41.2 Å². The summed E-state index contributed by atoms with van der Waals surface area (Å²) in [5.74, 6) is 0.100. The molecule has 0 atom stereocenters. The van der Waals surface area contributed by atoms with Crippen LogP contribution in [0.3, 0.4) is 0 Å². The van der Waals surface area contributed by atoms with E-state index in [1.165, 1.54) is 22.3 Å². The third kappa shape index (κ3) is 4.67. The fourth-order valence-electron chi connectivity index (χ4n) is 2.38. The zero-order valence-corrected chi connectivity index (χ0v) is 12.8. The molecule has 19 heavy (non-hydrogen) atoms. The van der Waals surface area contributed by atoms with Crippen molar-refractivity contribution in [3.63, 3.8) is 0 Å². The third-order valence-electron chi connectivity index (χ3n) is 3.56. The van der Waals surface area contributed by atoms with E-state index in [-0.39, 0.29) is 5.91 Å². The van der Waals surface area contributed by atoms with E-state index in [0.29, 0.717) is 13.1 Å². The lowest BCUT2D eigenvalue weighted by Gasteiger charge is -2.18. The minimum atomic E-state index is 0.100. The second-order valence-electron chi connectivity index (χ2n) is 5.12. The van der Waals surface area contributed by atoms with Crippen LogP contribution in [0.2, 0.25) is 0 Å². The standard InChI is InChI=1S/C16H26N2O/c1-6-18(7-2)11-16(19)17-10-15-13(4)8-12(3)9-14(15)5/h8-9H,6-7,10-11H2,1-5H3,(H,17,19). The normalized spacial score (nSPS) is 10.8. The van der Waals surface area contributed by atoms with E-state index in [9.17, 15) is 4.79 Å². The van der Waals surface area contributed by atoms with E-state index >= 15 is 0 Å². The van der Waals surface area contributed by atoms with Crippen molar-refractivity contribution in [3.8, 4) is 0 Å². The number of hydrogen-bond donors (Lipinski definition) is 1. The van der Waals surface area contributed by atoms with Crippen LogP contribution in [-0.4, -0.2) is 30.4 Å². The molecule has 106 valence electrons. The van der Waals surface area contributed by atoms with Crippen molar-refractivity contribution in [1.29, 1.82) is 0 Å². The van der Waals surface area contributed by atoms with Crippen LogP contribution in [0.1, 0.15) is 36.1 Å². The molecule has 0 radical (unpaired) electrons. The van der Waals surface area contributed by atoms with Crippen molar-refractivity contribution in [1.82, 2.24) is 10.2 Å². The molecule has 0 aromatic heterocycles.